The van der Waals surface area contributed by atoms with E-state index >= 15 is 0 Å². The molecule has 7 heteroatoms. The molecule has 0 spiro atoms. The van der Waals surface area contributed by atoms with Crippen LogP contribution < -0.4 is 0 Å². The van der Waals surface area contributed by atoms with Gasteiger partial charge in [0, 0.05) is 22.8 Å². The van der Waals surface area contributed by atoms with Crippen molar-refractivity contribution >= 4 is 23.4 Å². The molecule has 21 heavy (non-hydrogen) atoms. The van der Waals surface area contributed by atoms with Gasteiger partial charge < -0.3 is 5.11 Å². The first-order valence-electron chi connectivity index (χ1n) is 5.86. The number of hydrogen-bond donors (Lipinski definition) is 1. The van der Waals surface area contributed by atoms with Crippen LogP contribution in [-0.4, -0.2) is 16.0 Å². The highest BCUT2D eigenvalue weighted by molar-refractivity contribution is 7.98. The summed E-state index contributed by atoms with van der Waals surface area (Å²) in [4.78, 5) is 21.6. The Bertz CT molecular complexity index is 705. The van der Waals surface area contributed by atoms with Crippen LogP contribution in [0.5, 0.6) is 0 Å². The lowest BCUT2D eigenvalue weighted by Gasteiger charge is -2.06. The zero-order valence-corrected chi connectivity index (χ0v) is 11.5. The third-order valence-electron chi connectivity index (χ3n) is 2.69. The van der Waals surface area contributed by atoms with E-state index in [-0.39, 0.29) is 17.1 Å². The summed E-state index contributed by atoms with van der Waals surface area (Å²) in [5.74, 6) is -1.23. The number of halogens is 1. The molecule has 0 saturated heterocycles. The van der Waals surface area contributed by atoms with Gasteiger partial charge in [-0.1, -0.05) is 12.1 Å². The molecule has 0 aliphatic heterocycles. The number of hydrogen-bond acceptors (Lipinski definition) is 4. The maximum atomic E-state index is 13.1. The van der Waals surface area contributed by atoms with Crippen molar-refractivity contribution in [3.8, 4) is 0 Å². The minimum atomic E-state index is -1.24. The van der Waals surface area contributed by atoms with E-state index < -0.39 is 10.9 Å². The molecular formula is C14H10FNO4S. The predicted molar refractivity (Wildman–Crippen MR) is 76.0 cm³/mol. The number of nitro benzene ring substituents is 1. The van der Waals surface area contributed by atoms with Crippen molar-refractivity contribution in [3.63, 3.8) is 0 Å². The van der Waals surface area contributed by atoms with Gasteiger partial charge in [-0.2, -0.15) is 0 Å². The topological polar surface area (TPSA) is 80.4 Å². The number of carbonyl (C=O) groups is 1. The molecule has 0 bridgehead atoms. The van der Waals surface area contributed by atoms with Crippen molar-refractivity contribution in [2.45, 2.75) is 10.6 Å². The highest BCUT2D eigenvalue weighted by Gasteiger charge is 2.16. The Morgan fingerprint density at radius 3 is 2.67 bits per heavy atom. The number of carboxylic acid groups (broad SMARTS) is 1. The largest absolute Gasteiger partial charge is 0.478 e. The maximum Gasteiger partial charge on any atom is 0.337 e. The average molecular weight is 307 g/mol. The van der Waals surface area contributed by atoms with Crippen LogP contribution in [-0.2, 0) is 5.75 Å². The van der Waals surface area contributed by atoms with Crippen LogP contribution >= 0.6 is 11.8 Å². The van der Waals surface area contributed by atoms with Crippen LogP contribution in [0.25, 0.3) is 0 Å². The smallest absolute Gasteiger partial charge is 0.337 e. The first-order valence-corrected chi connectivity index (χ1v) is 6.85. The van der Waals surface area contributed by atoms with Crippen molar-refractivity contribution in [3.05, 3.63) is 69.5 Å². The number of thioether (sulfide) groups is 1. The highest BCUT2D eigenvalue weighted by Crippen LogP contribution is 2.29. The number of rotatable bonds is 5. The van der Waals surface area contributed by atoms with Crippen molar-refractivity contribution in [2.75, 3.05) is 0 Å². The van der Waals surface area contributed by atoms with E-state index in [0.717, 1.165) is 6.07 Å². The SMILES string of the molecule is O=C(O)c1cc([N+](=O)[O-])ccc1SCc1cccc(F)c1. The second-order valence-electron chi connectivity index (χ2n) is 4.16. The predicted octanol–water partition coefficient (Wildman–Crippen LogP) is 3.72. The number of nitro groups is 1. The Morgan fingerprint density at radius 2 is 2.05 bits per heavy atom. The molecule has 1 N–H and O–H groups in total. The summed E-state index contributed by atoms with van der Waals surface area (Å²) in [6.45, 7) is 0. The van der Waals surface area contributed by atoms with E-state index in [4.69, 9.17) is 5.11 Å². The van der Waals surface area contributed by atoms with Crippen molar-refractivity contribution in [1.82, 2.24) is 0 Å². The Labute approximate surface area is 123 Å². The van der Waals surface area contributed by atoms with Gasteiger partial charge in [0.15, 0.2) is 0 Å². The lowest BCUT2D eigenvalue weighted by atomic mass is 10.2. The van der Waals surface area contributed by atoms with Crippen molar-refractivity contribution < 1.29 is 19.2 Å². The van der Waals surface area contributed by atoms with Crippen LogP contribution in [0.3, 0.4) is 0 Å². The summed E-state index contributed by atoms with van der Waals surface area (Å²) in [7, 11) is 0. The van der Waals surface area contributed by atoms with E-state index in [1.54, 1.807) is 12.1 Å². The van der Waals surface area contributed by atoms with Gasteiger partial charge in [-0.05, 0) is 23.8 Å². The molecule has 2 rings (SSSR count). The number of non-ortho nitro benzene ring substituents is 1. The molecule has 0 aliphatic carbocycles. The number of benzene rings is 2. The number of carboxylic acids is 1. The molecule has 5 nitrogen and oxygen atoms in total. The van der Waals surface area contributed by atoms with Gasteiger partial charge in [-0.3, -0.25) is 10.1 Å². The van der Waals surface area contributed by atoms with Gasteiger partial charge in [-0.25, -0.2) is 9.18 Å². The molecule has 0 fully saturated rings. The fraction of sp³-hybridized carbons (Fsp3) is 0.0714. The van der Waals surface area contributed by atoms with Crippen LogP contribution in [0.1, 0.15) is 15.9 Å². The Hall–Kier alpha value is -2.41. The van der Waals surface area contributed by atoms with E-state index in [2.05, 4.69) is 0 Å². The van der Waals surface area contributed by atoms with Crippen LogP contribution in [0.2, 0.25) is 0 Å². The van der Waals surface area contributed by atoms with E-state index in [9.17, 15) is 19.3 Å². The van der Waals surface area contributed by atoms with Gasteiger partial charge in [0.2, 0.25) is 0 Å². The second kappa shape index (κ2) is 6.36. The highest BCUT2D eigenvalue weighted by atomic mass is 32.2. The lowest BCUT2D eigenvalue weighted by Crippen LogP contribution is -2.01. The Morgan fingerprint density at radius 1 is 1.29 bits per heavy atom. The Kier molecular flexibility index (Phi) is 4.54. The fourth-order valence-electron chi connectivity index (χ4n) is 1.71. The first-order chi connectivity index (χ1) is 9.97. The van der Waals surface area contributed by atoms with Crippen LogP contribution in [0.4, 0.5) is 10.1 Å². The monoisotopic (exact) mass is 307 g/mol. The molecule has 0 heterocycles. The molecule has 0 amide bonds. The van der Waals surface area contributed by atoms with E-state index in [1.807, 2.05) is 0 Å². The first kappa shape index (κ1) is 15.0. The Balaban J connectivity index is 2.23. The molecule has 108 valence electrons. The summed E-state index contributed by atoms with van der Waals surface area (Å²) in [6.07, 6.45) is 0. The molecule has 0 aromatic heterocycles. The quantitative estimate of drug-likeness (QED) is 0.517. The number of nitrogens with zero attached hydrogens (tertiary/aromatic N) is 1. The van der Waals surface area contributed by atoms with Crippen molar-refractivity contribution in [2.24, 2.45) is 0 Å². The van der Waals surface area contributed by atoms with Gasteiger partial charge in [-0.15, -0.1) is 11.8 Å². The van der Waals surface area contributed by atoms with Gasteiger partial charge in [0.1, 0.15) is 5.82 Å². The van der Waals surface area contributed by atoms with Crippen molar-refractivity contribution in [1.29, 1.82) is 0 Å². The molecule has 2 aromatic carbocycles. The van der Waals surface area contributed by atoms with Gasteiger partial charge in [0.25, 0.3) is 5.69 Å². The molecule has 0 unspecified atom stereocenters. The van der Waals surface area contributed by atoms with Crippen LogP contribution in [0.15, 0.2) is 47.4 Å². The summed E-state index contributed by atoms with van der Waals surface area (Å²) < 4.78 is 13.1. The number of aromatic carboxylic acids is 1. The normalized spacial score (nSPS) is 10.3. The zero-order valence-electron chi connectivity index (χ0n) is 10.7. The van der Waals surface area contributed by atoms with E-state index in [0.29, 0.717) is 16.2 Å². The third kappa shape index (κ3) is 3.79. The van der Waals surface area contributed by atoms with Gasteiger partial charge >= 0.3 is 5.97 Å². The molecular weight excluding hydrogens is 297 g/mol. The standard InChI is InChI=1S/C14H10FNO4S/c15-10-3-1-2-9(6-10)8-21-13-5-4-11(16(19)20)7-12(13)14(17)18/h1-7H,8H2,(H,17,18). The summed E-state index contributed by atoms with van der Waals surface area (Å²) in [6, 6.07) is 9.64. The van der Waals surface area contributed by atoms with E-state index in [1.165, 1.54) is 36.0 Å². The summed E-state index contributed by atoms with van der Waals surface area (Å²) >= 11 is 1.19. The average Bonchev–Trinajstić information content (AvgIpc) is 2.44. The molecule has 0 radical (unpaired) electrons. The molecule has 0 saturated carbocycles. The molecule has 0 atom stereocenters. The molecule has 0 aliphatic rings. The summed E-state index contributed by atoms with van der Waals surface area (Å²) in [5, 5.41) is 19.8. The maximum absolute atomic E-state index is 13.1. The minimum Gasteiger partial charge on any atom is -0.478 e. The van der Waals surface area contributed by atoms with Gasteiger partial charge in [0.05, 0.1) is 10.5 Å². The van der Waals surface area contributed by atoms with Crippen LogP contribution in [0, 0.1) is 15.9 Å². The zero-order chi connectivity index (χ0) is 15.4. The fourth-order valence-corrected chi connectivity index (χ4v) is 2.68. The minimum absolute atomic E-state index is 0.134. The molecule has 2 aromatic rings. The second-order valence-corrected chi connectivity index (χ2v) is 5.18. The summed E-state index contributed by atoms with van der Waals surface area (Å²) in [5.41, 5.74) is 0.294. The lowest BCUT2D eigenvalue weighted by molar-refractivity contribution is -0.384. The third-order valence-corrected chi connectivity index (χ3v) is 3.83.